The lowest BCUT2D eigenvalue weighted by Crippen LogP contribution is -2.25. The molecular weight excluding hydrogens is 276 g/mol. The molecule has 0 unspecified atom stereocenters. The van der Waals surface area contributed by atoms with Crippen molar-refractivity contribution in [2.75, 3.05) is 13.7 Å². The van der Waals surface area contributed by atoms with Crippen molar-refractivity contribution in [3.63, 3.8) is 0 Å². The first kappa shape index (κ1) is 16.5. The summed E-state index contributed by atoms with van der Waals surface area (Å²) in [5.41, 5.74) is 2.31. The van der Waals surface area contributed by atoms with E-state index in [1.54, 1.807) is 7.11 Å². The Labute approximate surface area is 132 Å². The molecule has 0 saturated heterocycles. The third-order valence-electron chi connectivity index (χ3n) is 3.77. The van der Waals surface area contributed by atoms with E-state index in [9.17, 15) is 5.11 Å². The fourth-order valence-electron chi connectivity index (χ4n) is 2.31. The Morgan fingerprint density at radius 3 is 2.27 bits per heavy atom. The second-order valence-corrected chi connectivity index (χ2v) is 5.60. The van der Waals surface area contributed by atoms with Crippen LogP contribution in [-0.2, 0) is 17.8 Å². The summed E-state index contributed by atoms with van der Waals surface area (Å²) in [4.78, 5) is 0. The number of benzene rings is 2. The van der Waals surface area contributed by atoms with Gasteiger partial charge in [0.2, 0.25) is 0 Å². The van der Waals surface area contributed by atoms with Crippen LogP contribution in [0.4, 0.5) is 0 Å². The van der Waals surface area contributed by atoms with Crippen molar-refractivity contribution in [2.45, 2.75) is 26.1 Å². The van der Waals surface area contributed by atoms with Crippen molar-refractivity contribution in [1.82, 2.24) is 0 Å². The van der Waals surface area contributed by atoms with Crippen LogP contribution in [0.5, 0.6) is 5.75 Å². The van der Waals surface area contributed by atoms with E-state index in [0.29, 0.717) is 13.2 Å². The summed E-state index contributed by atoms with van der Waals surface area (Å²) in [6, 6.07) is 18.0. The van der Waals surface area contributed by atoms with Gasteiger partial charge in [0.25, 0.3) is 0 Å². The number of rotatable bonds is 8. The van der Waals surface area contributed by atoms with Gasteiger partial charge in [-0.2, -0.15) is 0 Å². The molecule has 0 aliphatic heterocycles. The minimum Gasteiger partial charge on any atom is -0.497 e. The van der Waals surface area contributed by atoms with Crippen LogP contribution in [0.15, 0.2) is 54.6 Å². The third-order valence-corrected chi connectivity index (χ3v) is 3.77. The number of hydrogen-bond acceptors (Lipinski definition) is 3. The van der Waals surface area contributed by atoms with Crippen molar-refractivity contribution in [3.05, 3.63) is 65.7 Å². The van der Waals surface area contributed by atoms with E-state index in [0.717, 1.165) is 17.7 Å². The lowest BCUT2D eigenvalue weighted by molar-refractivity contribution is 0.00220. The molecule has 2 rings (SSSR count). The normalized spacial score (nSPS) is 13.6. The zero-order valence-corrected chi connectivity index (χ0v) is 13.2. The summed E-state index contributed by atoms with van der Waals surface area (Å²) in [6.07, 6.45) is 0.395. The summed E-state index contributed by atoms with van der Waals surface area (Å²) in [6.45, 7) is 2.90. The van der Waals surface area contributed by atoms with Crippen LogP contribution in [0.1, 0.15) is 18.1 Å². The molecule has 0 bridgehead atoms. The molecule has 0 saturated carbocycles. The number of methoxy groups -OCH3 is 1. The monoisotopic (exact) mass is 300 g/mol. The molecule has 3 nitrogen and oxygen atoms in total. The lowest BCUT2D eigenvalue weighted by Gasteiger charge is -2.19. The largest absolute Gasteiger partial charge is 0.497 e. The number of aliphatic hydroxyl groups is 1. The van der Waals surface area contributed by atoms with Crippen LogP contribution < -0.4 is 4.74 Å². The molecule has 0 fully saturated rings. The van der Waals surface area contributed by atoms with Gasteiger partial charge >= 0.3 is 0 Å². The van der Waals surface area contributed by atoms with Gasteiger partial charge in [0, 0.05) is 0 Å². The Morgan fingerprint density at radius 2 is 1.64 bits per heavy atom. The van der Waals surface area contributed by atoms with Crippen LogP contribution in [-0.4, -0.2) is 24.9 Å². The van der Waals surface area contributed by atoms with Crippen molar-refractivity contribution in [2.24, 2.45) is 5.92 Å². The Kier molecular flexibility index (Phi) is 6.44. The zero-order valence-electron chi connectivity index (χ0n) is 13.2. The molecule has 0 aliphatic carbocycles. The quantitative estimate of drug-likeness (QED) is 0.811. The molecule has 0 radical (unpaired) electrons. The van der Waals surface area contributed by atoms with Gasteiger partial charge in [-0.3, -0.25) is 0 Å². The van der Waals surface area contributed by atoms with E-state index in [2.05, 4.69) is 19.1 Å². The summed E-state index contributed by atoms with van der Waals surface area (Å²) in [5, 5.41) is 10.2. The zero-order chi connectivity index (χ0) is 15.8. The Balaban J connectivity index is 1.73. The predicted molar refractivity (Wildman–Crippen MR) is 88.0 cm³/mol. The van der Waals surface area contributed by atoms with Gasteiger partial charge < -0.3 is 14.6 Å². The third kappa shape index (κ3) is 5.17. The maximum absolute atomic E-state index is 10.2. The smallest absolute Gasteiger partial charge is 0.118 e. The van der Waals surface area contributed by atoms with Gasteiger partial charge in [-0.05, 0) is 35.6 Å². The molecule has 0 amide bonds. The molecule has 2 atom stereocenters. The fraction of sp³-hybridized carbons (Fsp3) is 0.368. The van der Waals surface area contributed by atoms with Crippen LogP contribution >= 0.6 is 0 Å². The molecule has 0 spiro atoms. The van der Waals surface area contributed by atoms with Crippen LogP contribution in [0, 0.1) is 5.92 Å². The second-order valence-electron chi connectivity index (χ2n) is 5.60. The van der Waals surface area contributed by atoms with Crippen molar-refractivity contribution < 1.29 is 14.6 Å². The van der Waals surface area contributed by atoms with Gasteiger partial charge in [-0.1, -0.05) is 49.4 Å². The highest BCUT2D eigenvalue weighted by Gasteiger charge is 2.15. The lowest BCUT2D eigenvalue weighted by atomic mass is 9.96. The molecule has 2 aromatic rings. The van der Waals surface area contributed by atoms with Gasteiger partial charge in [0.05, 0.1) is 26.4 Å². The number of hydrogen-bond donors (Lipinski definition) is 1. The van der Waals surface area contributed by atoms with Crippen molar-refractivity contribution in [3.8, 4) is 5.75 Å². The summed E-state index contributed by atoms with van der Waals surface area (Å²) in [7, 11) is 1.65. The number of ether oxygens (including phenoxy) is 2. The van der Waals surface area contributed by atoms with Gasteiger partial charge in [0.1, 0.15) is 5.75 Å². The van der Waals surface area contributed by atoms with Crippen molar-refractivity contribution >= 4 is 0 Å². The van der Waals surface area contributed by atoms with E-state index in [1.165, 1.54) is 5.56 Å². The first-order valence-electron chi connectivity index (χ1n) is 7.61. The summed E-state index contributed by atoms with van der Waals surface area (Å²) < 4.78 is 10.7. The molecule has 3 heteroatoms. The minimum atomic E-state index is -0.460. The first-order chi connectivity index (χ1) is 10.7. The average Bonchev–Trinajstić information content (AvgIpc) is 2.56. The maximum atomic E-state index is 10.2. The molecule has 1 N–H and O–H groups in total. The van der Waals surface area contributed by atoms with Gasteiger partial charge in [-0.15, -0.1) is 0 Å². The Morgan fingerprint density at radius 1 is 0.955 bits per heavy atom. The molecular formula is C19H24O3. The fourth-order valence-corrected chi connectivity index (χ4v) is 2.31. The van der Waals surface area contributed by atoms with E-state index in [-0.39, 0.29) is 5.92 Å². The first-order valence-corrected chi connectivity index (χ1v) is 7.61. The Bertz CT molecular complexity index is 536. The van der Waals surface area contributed by atoms with E-state index in [4.69, 9.17) is 9.47 Å². The van der Waals surface area contributed by atoms with E-state index < -0.39 is 6.10 Å². The highest BCUT2D eigenvalue weighted by Crippen LogP contribution is 2.14. The Hall–Kier alpha value is -1.84. The summed E-state index contributed by atoms with van der Waals surface area (Å²) in [5.74, 6) is 0.999. The van der Waals surface area contributed by atoms with E-state index >= 15 is 0 Å². The minimum absolute atomic E-state index is 0.165. The van der Waals surface area contributed by atoms with Crippen LogP contribution in [0.2, 0.25) is 0 Å². The molecule has 0 heterocycles. The van der Waals surface area contributed by atoms with Gasteiger partial charge in [0.15, 0.2) is 0 Å². The van der Waals surface area contributed by atoms with E-state index in [1.807, 2.05) is 42.5 Å². The predicted octanol–water partition coefficient (Wildman–Crippen LogP) is 3.45. The molecule has 118 valence electrons. The SMILES string of the molecule is COc1ccc(COC[C@H](O)[C@H](C)Cc2ccccc2)cc1. The molecule has 22 heavy (non-hydrogen) atoms. The standard InChI is InChI=1S/C19H24O3/c1-15(12-16-6-4-3-5-7-16)19(20)14-22-13-17-8-10-18(21-2)11-9-17/h3-11,15,19-20H,12-14H2,1-2H3/t15-,19+/m1/s1. The summed E-state index contributed by atoms with van der Waals surface area (Å²) >= 11 is 0. The second kappa shape index (κ2) is 8.57. The number of aliphatic hydroxyl groups excluding tert-OH is 1. The molecule has 2 aromatic carbocycles. The van der Waals surface area contributed by atoms with Crippen molar-refractivity contribution in [1.29, 1.82) is 0 Å². The van der Waals surface area contributed by atoms with Crippen LogP contribution in [0.25, 0.3) is 0 Å². The topological polar surface area (TPSA) is 38.7 Å². The van der Waals surface area contributed by atoms with Gasteiger partial charge in [-0.25, -0.2) is 0 Å². The average molecular weight is 300 g/mol. The molecule has 0 aliphatic rings. The highest BCUT2D eigenvalue weighted by atomic mass is 16.5. The van der Waals surface area contributed by atoms with Crippen LogP contribution in [0.3, 0.4) is 0 Å². The maximum Gasteiger partial charge on any atom is 0.118 e. The highest BCUT2D eigenvalue weighted by molar-refractivity contribution is 5.26. The molecule has 0 aromatic heterocycles.